The number of nitrogens with zero attached hydrogens (tertiary/aromatic N) is 1. The standard InChI is InChI=1S/C20H14ClNO4/c21-20-15(10-14-3-1-2-4-16(14)22-20)11-24-19(23)8-6-13-5-7-17-18(9-13)26-12-25-17/h1-10H,11-12H2. The molecule has 0 atom stereocenters. The van der Waals surface area contributed by atoms with Crippen LogP contribution in [0.1, 0.15) is 11.1 Å². The van der Waals surface area contributed by atoms with E-state index in [1.807, 2.05) is 36.4 Å². The minimum absolute atomic E-state index is 0.0565. The van der Waals surface area contributed by atoms with Gasteiger partial charge in [-0.2, -0.15) is 0 Å². The molecule has 0 aliphatic carbocycles. The van der Waals surface area contributed by atoms with Gasteiger partial charge in [0, 0.05) is 17.0 Å². The van der Waals surface area contributed by atoms with Gasteiger partial charge >= 0.3 is 5.97 Å². The lowest BCUT2D eigenvalue weighted by Crippen LogP contribution is -2.02. The van der Waals surface area contributed by atoms with Crippen LogP contribution in [0.2, 0.25) is 5.15 Å². The smallest absolute Gasteiger partial charge is 0.331 e. The van der Waals surface area contributed by atoms with Crippen molar-refractivity contribution in [1.29, 1.82) is 0 Å². The van der Waals surface area contributed by atoms with Crippen molar-refractivity contribution in [3.8, 4) is 11.5 Å². The Bertz CT molecular complexity index is 1020. The second-order valence-corrected chi connectivity index (χ2v) is 6.04. The van der Waals surface area contributed by atoms with E-state index in [9.17, 15) is 4.79 Å². The zero-order valence-electron chi connectivity index (χ0n) is 13.6. The van der Waals surface area contributed by atoms with Crippen LogP contribution >= 0.6 is 11.6 Å². The normalized spacial score (nSPS) is 12.7. The summed E-state index contributed by atoms with van der Waals surface area (Å²) < 4.78 is 15.8. The summed E-state index contributed by atoms with van der Waals surface area (Å²) >= 11 is 6.17. The molecule has 0 amide bonds. The topological polar surface area (TPSA) is 57.7 Å². The van der Waals surface area contributed by atoms with E-state index in [0.717, 1.165) is 16.5 Å². The Morgan fingerprint density at radius 3 is 2.92 bits per heavy atom. The van der Waals surface area contributed by atoms with E-state index >= 15 is 0 Å². The van der Waals surface area contributed by atoms with Crippen molar-refractivity contribution in [1.82, 2.24) is 4.98 Å². The predicted molar refractivity (Wildman–Crippen MR) is 98.1 cm³/mol. The van der Waals surface area contributed by atoms with E-state index in [0.29, 0.717) is 22.2 Å². The highest BCUT2D eigenvalue weighted by molar-refractivity contribution is 6.30. The Labute approximate surface area is 154 Å². The van der Waals surface area contributed by atoms with Gasteiger partial charge in [-0.3, -0.25) is 0 Å². The van der Waals surface area contributed by atoms with Crippen LogP contribution in [0.25, 0.3) is 17.0 Å². The molecule has 2 heterocycles. The predicted octanol–water partition coefficient (Wildman–Crippen LogP) is 4.37. The molecule has 0 fully saturated rings. The van der Waals surface area contributed by atoms with Gasteiger partial charge in [-0.1, -0.05) is 35.9 Å². The number of benzene rings is 2. The molecule has 0 radical (unpaired) electrons. The number of pyridine rings is 1. The van der Waals surface area contributed by atoms with Crippen LogP contribution in [-0.2, 0) is 16.1 Å². The van der Waals surface area contributed by atoms with Gasteiger partial charge in [-0.05, 0) is 35.9 Å². The Morgan fingerprint density at radius 2 is 2.00 bits per heavy atom. The number of esters is 1. The Balaban J connectivity index is 1.41. The van der Waals surface area contributed by atoms with Crippen LogP contribution in [0, 0.1) is 0 Å². The molecule has 130 valence electrons. The number of ether oxygens (including phenoxy) is 3. The molecule has 1 aliphatic rings. The van der Waals surface area contributed by atoms with E-state index in [4.69, 9.17) is 25.8 Å². The Kier molecular flexibility index (Phi) is 4.46. The number of para-hydroxylation sites is 1. The molecule has 0 saturated heterocycles. The van der Waals surface area contributed by atoms with Crippen LogP contribution < -0.4 is 9.47 Å². The molecule has 0 saturated carbocycles. The van der Waals surface area contributed by atoms with E-state index in [-0.39, 0.29) is 13.4 Å². The van der Waals surface area contributed by atoms with Crippen molar-refractivity contribution in [2.24, 2.45) is 0 Å². The zero-order chi connectivity index (χ0) is 17.9. The van der Waals surface area contributed by atoms with Gasteiger partial charge in [0.25, 0.3) is 0 Å². The van der Waals surface area contributed by atoms with Gasteiger partial charge < -0.3 is 14.2 Å². The van der Waals surface area contributed by atoms with Gasteiger partial charge in [0.1, 0.15) is 11.8 Å². The van der Waals surface area contributed by atoms with Crippen LogP contribution in [0.4, 0.5) is 0 Å². The van der Waals surface area contributed by atoms with Gasteiger partial charge in [0.05, 0.1) is 5.52 Å². The highest BCUT2D eigenvalue weighted by atomic mass is 35.5. The lowest BCUT2D eigenvalue weighted by atomic mass is 10.2. The second-order valence-electron chi connectivity index (χ2n) is 5.68. The molecule has 3 aromatic rings. The van der Waals surface area contributed by atoms with Crippen molar-refractivity contribution in [2.75, 3.05) is 6.79 Å². The van der Waals surface area contributed by atoms with E-state index < -0.39 is 5.97 Å². The molecule has 0 unspecified atom stereocenters. The van der Waals surface area contributed by atoms with Crippen LogP contribution in [0.15, 0.2) is 54.6 Å². The molecular weight excluding hydrogens is 354 g/mol. The number of hydrogen-bond donors (Lipinski definition) is 0. The average Bonchev–Trinajstić information content (AvgIpc) is 3.12. The summed E-state index contributed by atoms with van der Waals surface area (Å²) in [5.41, 5.74) is 2.28. The quantitative estimate of drug-likeness (QED) is 0.389. The maximum atomic E-state index is 12.0. The lowest BCUT2D eigenvalue weighted by Gasteiger charge is -2.06. The third kappa shape index (κ3) is 3.48. The zero-order valence-corrected chi connectivity index (χ0v) is 14.4. The number of carbonyl (C=O) groups excluding carboxylic acids is 1. The molecule has 5 nitrogen and oxygen atoms in total. The first-order valence-corrected chi connectivity index (χ1v) is 8.35. The summed E-state index contributed by atoms with van der Waals surface area (Å²) in [7, 11) is 0. The summed E-state index contributed by atoms with van der Waals surface area (Å²) in [4.78, 5) is 16.3. The van der Waals surface area contributed by atoms with Gasteiger partial charge in [0.2, 0.25) is 6.79 Å². The number of aromatic nitrogens is 1. The van der Waals surface area contributed by atoms with Gasteiger partial charge in [0.15, 0.2) is 11.5 Å². The molecule has 2 aromatic carbocycles. The summed E-state index contributed by atoms with van der Waals surface area (Å²) in [6, 6.07) is 14.9. The van der Waals surface area contributed by atoms with Crippen molar-refractivity contribution in [3.05, 3.63) is 70.9 Å². The van der Waals surface area contributed by atoms with Crippen LogP contribution in [0.3, 0.4) is 0 Å². The SMILES string of the molecule is O=C(C=Cc1ccc2c(c1)OCO2)OCc1cc2ccccc2nc1Cl. The highest BCUT2D eigenvalue weighted by Crippen LogP contribution is 2.32. The molecule has 1 aliphatic heterocycles. The van der Waals surface area contributed by atoms with Crippen LogP contribution in [-0.4, -0.2) is 17.7 Å². The first-order valence-electron chi connectivity index (χ1n) is 7.98. The van der Waals surface area contributed by atoms with Crippen molar-refractivity contribution >= 4 is 34.5 Å². The molecule has 26 heavy (non-hydrogen) atoms. The number of rotatable bonds is 4. The summed E-state index contributed by atoms with van der Waals surface area (Å²) in [5, 5.41) is 1.27. The van der Waals surface area contributed by atoms with Crippen LogP contribution in [0.5, 0.6) is 11.5 Å². The van der Waals surface area contributed by atoms with Crippen molar-refractivity contribution in [3.63, 3.8) is 0 Å². The number of halogens is 1. The number of hydrogen-bond acceptors (Lipinski definition) is 5. The van der Waals surface area contributed by atoms with E-state index in [1.54, 1.807) is 18.2 Å². The van der Waals surface area contributed by atoms with E-state index in [2.05, 4.69) is 4.98 Å². The fourth-order valence-corrected chi connectivity index (χ4v) is 2.82. The molecule has 4 rings (SSSR count). The Morgan fingerprint density at radius 1 is 1.15 bits per heavy atom. The third-order valence-electron chi connectivity index (χ3n) is 3.93. The molecule has 0 N–H and O–H groups in total. The molecular formula is C20H14ClNO4. The van der Waals surface area contributed by atoms with E-state index in [1.165, 1.54) is 6.08 Å². The summed E-state index contributed by atoms with van der Waals surface area (Å²) in [5.74, 6) is 0.893. The minimum Gasteiger partial charge on any atom is -0.458 e. The molecule has 0 spiro atoms. The maximum absolute atomic E-state index is 12.0. The first kappa shape index (κ1) is 16.4. The first-order chi connectivity index (χ1) is 12.7. The minimum atomic E-state index is -0.466. The highest BCUT2D eigenvalue weighted by Gasteiger charge is 2.12. The number of carbonyl (C=O) groups is 1. The largest absolute Gasteiger partial charge is 0.458 e. The Hall–Kier alpha value is -3.05. The maximum Gasteiger partial charge on any atom is 0.331 e. The fraction of sp³-hybridized carbons (Fsp3) is 0.100. The monoisotopic (exact) mass is 367 g/mol. The number of fused-ring (bicyclic) bond motifs is 2. The van der Waals surface area contributed by atoms with Crippen molar-refractivity contribution in [2.45, 2.75) is 6.61 Å². The van der Waals surface area contributed by atoms with Gasteiger partial charge in [-0.25, -0.2) is 9.78 Å². The molecule has 1 aromatic heterocycles. The second kappa shape index (κ2) is 7.06. The molecule has 6 heteroatoms. The summed E-state index contributed by atoms with van der Waals surface area (Å²) in [6.45, 7) is 0.270. The average molecular weight is 368 g/mol. The molecule has 0 bridgehead atoms. The summed E-state index contributed by atoms with van der Waals surface area (Å²) in [6.07, 6.45) is 3.02. The fourth-order valence-electron chi connectivity index (χ4n) is 2.62. The third-order valence-corrected chi connectivity index (χ3v) is 4.26. The van der Waals surface area contributed by atoms with Crippen molar-refractivity contribution < 1.29 is 19.0 Å². The van der Waals surface area contributed by atoms with Gasteiger partial charge in [-0.15, -0.1) is 0 Å². The lowest BCUT2D eigenvalue weighted by molar-refractivity contribution is -0.138.